The zero-order valence-electron chi connectivity index (χ0n) is 16.2. The molecule has 1 fully saturated rings. The zero-order chi connectivity index (χ0) is 20.8. The van der Waals surface area contributed by atoms with Crippen LogP contribution < -0.4 is 0 Å². The second-order valence-electron chi connectivity index (χ2n) is 7.00. The molecule has 2 atom stereocenters. The maximum Gasteiger partial charge on any atom is 0.416 e. The van der Waals surface area contributed by atoms with Crippen molar-refractivity contribution in [1.82, 2.24) is 14.5 Å². The Labute approximate surface area is 166 Å². The Hall–Kier alpha value is -2.35. The molecule has 3 heterocycles. The number of aromatic nitrogens is 2. The summed E-state index contributed by atoms with van der Waals surface area (Å²) in [5, 5.41) is 1.84. The molecule has 1 aromatic carbocycles. The number of hydrogen-bond donors (Lipinski definition) is 0. The average Bonchev–Trinajstić information content (AvgIpc) is 3.38. The molecule has 148 valence electrons. The van der Waals surface area contributed by atoms with E-state index >= 15 is 0 Å². The number of hydrogen-bond acceptors (Lipinski definition) is 3. The van der Waals surface area contributed by atoms with Crippen LogP contribution in [0.4, 0.5) is 13.2 Å². The molecule has 0 radical (unpaired) electrons. The van der Waals surface area contributed by atoms with E-state index in [-0.39, 0.29) is 17.3 Å². The molecule has 0 bridgehead atoms. The van der Waals surface area contributed by atoms with Crippen molar-refractivity contribution >= 4 is 28.3 Å². The van der Waals surface area contributed by atoms with Gasteiger partial charge in [0.2, 0.25) is 5.91 Å². The fraction of sp³-hybridized carbons (Fsp3) is 0.400. The van der Waals surface area contributed by atoms with Gasteiger partial charge in [-0.2, -0.15) is 13.2 Å². The van der Waals surface area contributed by atoms with Crippen molar-refractivity contribution in [3.8, 4) is 10.7 Å². The topological polar surface area (TPSA) is 38.1 Å². The lowest BCUT2D eigenvalue weighted by atomic mass is 10.0. The monoisotopic (exact) mass is 408 g/mol. The van der Waals surface area contributed by atoms with Gasteiger partial charge in [0.05, 0.1) is 29.5 Å². The Morgan fingerprint density at radius 3 is 2.86 bits per heavy atom. The highest BCUT2D eigenvalue weighted by molar-refractivity contribution is 7.13. The fourth-order valence-corrected chi connectivity index (χ4v) is 4.34. The van der Waals surface area contributed by atoms with Gasteiger partial charge in [0, 0.05) is 13.0 Å². The Morgan fingerprint density at radius 2 is 2.18 bits per heavy atom. The Bertz CT molecular complexity index is 1030. The third kappa shape index (κ3) is 3.53. The van der Waals surface area contributed by atoms with Crippen molar-refractivity contribution in [1.29, 1.82) is 0 Å². The summed E-state index contributed by atoms with van der Waals surface area (Å²) in [6, 6.07) is 6.97. The van der Waals surface area contributed by atoms with E-state index in [9.17, 15) is 18.0 Å². The number of halogens is 3. The molecule has 1 saturated heterocycles. The number of alkyl halides is 3. The van der Waals surface area contributed by atoms with Crippen molar-refractivity contribution in [2.75, 3.05) is 6.54 Å². The Balaban J connectivity index is 1.81. The lowest BCUT2D eigenvalue weighted by molar-refractivity contribution is -0.137. The maximum atomic E-state index is 13.1. The standard InChI is InChI=1S/C20H20F3N3OS/c1-2-4-13-9-18(27)25(11-13)12-26-16-7-6-14(20(21,22)23)10-15(16)24-19(26)17-5-3-8-28-17/h3,5-8,10,13H,2,4,9,11-12H2,1H3/i12D. The van der Waals surface area contributed by atoms with Gasteiger partial charge in [-0.25, -0.2) is 4.98 Å². The summed E-state index contributed by atoms with van der Waals surface area (Å²) < 4.78 is 49.8. The zero-order valence-corrected chi connectivity index (χ0v) is 16.1. The van der Waals surface area contributed by atoms with Gasteiger partial charge in [-0.1, -0.05) is 19.4 Å². The smallest absolute Gasteiger partial charge is 0.324 e. The first-order valence-electron chi connectivity index (χ1n) is 9.72. The summed E-state index contributed by atoms with van der Waals surface area (Å²) in [5.74, 6) is 0.507. The first kappa shape index (κ1) is 17.7. The number of rotatable bonds is 5. The number of amides is 1. The van der Waals surface area contributed by atoms with Crippen molar-refractivity contribution in [3.63, 3.8) is 0 Å². The van der Waals surface area contributed by atoms with E-state index in [2.05, 4.69) is 11.9 Å². The maximum absolute atomic E-state index is 13.1. The number of nitrogens with zero attached hydrogens (tertiary/aromatic N) is 3. The molecule has 2 unspecified atom stereocenters. The van der Waals surface area contributed by atoms with Crippen molar-refractivity contribution in [2.45, 2.75) is 39.0 Å². The summed E-state index contributed by atoms with van der Waals surface area (Å²) in [6.45, 7) is 1.45. The number of carbonyl (C=O) groups excluding carboxylic acids is 1. The largest absolute Gasteiger partial charge is 0.416 e. The fourth-order valence-electron chi connectivity index (χ4n) is 3.63. The average molecular weight is 408 g/mol. The van der Waals surface area contributed by atoms with E-state index < -0.39 is 18.4 Å². The van der Waals surface area contributed by atoms with Crippen LogP contribution >= 0.6 is 11.3 Å². The quantitative estimate of drug-likeness (QED) is 0.568. The van der Waals surface area contributed by atoms with Crippen LogP contribution in [0.3, 0.4) is 0 Å². The van der Waals surface area contributed by atoms with Crippen LogP contribution in [0.15, 0.2) is 35.7 Å². The predicted molar refractivity (Wildman–Crippen MR) is 103 cm³/mol. The first-order chi connectivity index (χ1) is 13.8. The second-order valence-corrected chi connectivity index (χ2v) is 7.95. The molecule has 0 aliphatic carbocycles. The minimum absolute atomic E-state index is 0.102. The van der Waals surface area contributed by atoms with Crippen LogP contribution in [-0.4, -0.2) is 26.9 Å². The molecule has 4 rings (SSSR count). The number of carbonyl (C=O) groups is 1. The Kier molecular flexibility index (Phi) is 4.58. The summed E-state index contributed by atoms with van der Waals surface area (Å²) >= 11 is 1.39. The molecule has 8 heteroatoms. The van der Waals surface area contributed by atoms with Gasteiger partial charge in [0.25, 0.3) is 0 Å². The van der Waals surface area contributed by atoms with Gasteiger partial charge >= 0.3 is 6.18 Å². The van der Waals surface area contributed by atoms with Crippen molar-refractivity contribution in [3.05, 3.63) is 41.3 Å². The van der Waals surface area contributed by atoms with Crippen molar-refractivity contribution in [2.24, 2.45) is 5.92 Å². The predicted octanol–water partition coefficient (Wildman–Crippen LogP) is 5.39. The normalized spacial score (nSPS) is 19.4. The highest BCUT2D eigenvalue weighted by Gasteiger charge is 2.32. The molecule has 1 aliphatic rings. The summed E-state index contributed by atoms with van der Waals surface area (Å²) in [5.41, 5.74) is -0.209. The molecule has 1 aliphatic heterocycles. The van der Waals surface area contributed by atoms with Gasteiger partial charge < -0.3 is 9.47 Å². The number of likely N-dealkylation sites (tertiary alicyclic amines) is 1. The third-order valence-corrected chi connectivity index (χ3v) is 5.81. The van der Waals surface area contributed by atoms with Gasteiger partial charge in [-0.3, -0.25) is 4.79 Å². The third-order valence-electron chi connectivity index (χ3n) is 4.95. The minimum Gasteiger partial charge on any atom is -0.324 e. The van der Waals surface area contributed by atoms with Crippen LogP contribution in [0.5, 0.6) is 0 Å². The number of thiophene rings is 1. The molecule has 1 amide bonds. The molecule has 2 aromatic heterocycles. The summed E-state index contributed by atoms with van der Waals surface area (Å²) in [7, 11) is 0. The second kappa shape index (κ2) is 7.24. The van der Waals surface area contributed by atoms with Gasteiger partial charge in [0.1, 0.15) is 0 Å². The van der Waals surface area contributed by atoms with Gasteiger partial charge in [0.15, 0.2) is 5.82 Å². The number of fused-ring (bicyclic) bond motifs is 1. The first-order valence-corrected chi connectivity index (χ1v) is 10.0. The van der Waals surface area contributed by atoms with Crippen LogP contribution in [0.1, 0.15) is 33.1 Å². The van der Waals surface area contributed by atoms with E-state index in [1.807, 2.05) is 17.5 Å². The SMILES string of the molecule is [2H]C(N1CC(CCC)CC1=O)n1c(-c2cccs2)nc2cc(C(F)(F)F)ccc21. The molecule has 0 N–H and O–H groups in total. The minimum atomic E-state index is -4.47. The molecule has 0 saturated carbocycles. The van der Waals surface area contributed by atoms with Gasteiger partial charge in [-0.15, -0.1) is 11.3 Å². The van der Waals surface area contributed by atoms with Gasteiger partial charge in [-0.05, 0) is 42.0 Å². The molecule has 4 nitrogen and oxygen atoms in total. The molecular formula is C20H20F3N3OS. The Morgan fingerprint density at radius 1 is 1.36 bits per heavy atom. The molecule has 0 spiro atoms. The summed E-state index contributed by atoms with van der Waals surface area (Å²) in [6.07, 6.45) is -2.20. The van der Waals surface area contributed by atoms with E-state index in [1.54, 1.807) is 4.57 Å². The molecular weight excluding hydrogens is 387 g/mol. The lowest BCUT2D eigenvalue weighted by Crippen LogP contribution is -2.28. The van der Waals surface area contributed by atoms with Crippen molar-refractivity contribution < 1.29 is 19.3 Å². The highest BCUT2D eigenvalue weighted by Crippen LogP contribution is 2.34. The van der Waals surface area contributed by atoms with Crippen LogP contribution in [0.2, 0.25) is 0 Å². The molecule has 3 aromatic rings. The van der Waals surface area contributed by atoms with E-state index in [4.69, 9.17) is 1.37 Å². The lowest BCUT2D eigenvalue weighted by Gasteiger charge is -2.19. The van der Waals surface area contributed by atoms with E-state index in [0.29, 0.717) is 24.3 Å². The van der Waals surface area contributed by atoms with E-state index in [0.717, 1.165) is 29.9 Å². The van der Waals surface area contributed by atoms with Crippen LogP contribution in [-0.2, 0) is 17.6 Å². The highest BCUT2D eigenvalue weighted by atomic mass is 32.1. The number of benzene rings is 1. The van der Waals surface area contributed by atoms with Crippen LogP contribution in [0.25, 0.3) is 21.7 Å². The van der Waals surface area contributed by atoms with E-state index in [1.165, 1.54) is 22.3 Å². The summed E-state index contributed by atoms with van der Waals surface area (Å²) in [4.78, 5) is 19.2. The van der Waals surface area contributed by atoms with Crippen LogP contribution in [0, 0.1) is 5.92 Å². The number of imidazole rings is 1. The molecule has 28 heavy (non-hydrogen) atoms.